The van der Waals surface area contributed by atoms with Gasteiger partial charge in [0, 0.05) is 37.8 Å². The number of anilines is 1. The average Bonchev–Trinajstić information content (AvgIpc) is 3.05. The van der Waals surface area contributed by atoms with Crippen molar-refractivity contribution in [1.82, 2.24) is 40.5 Å². The Morgan fingerprint density at radius 2 is 2.15 bits per heavy atom. The number of aromatic nitrogens is 7. The van der Waals surface area contributed by atoms with Crippen LogP contribution in [0.5, 0.6) is 0 Å². The molecule has 1 saturated carbocycles. The lowest BCUT2D eigenvalue weighted by molar-refractivity contribution is 0.0914. The van der Waals surface area contributed by atoms with E-state index in [1.807, 2.05) is 12.3 Å². The second-order valence-electron chi connectivity index (χ2n) is 7.23. The van der Waals surface area contributed by atoms with Gasteiger partial charge in [0.2, 0.25) is 11.6 Å². The lowest BCUT2D eigenvalue weighted by Crippen LogP contribution is -2.35. The minimum absolute atomic E-state index is 0.0990. The predicted octanol–water partition coefficient (Wildman–Crippen LogP) is 0.256. The van der Waals surface area contributed by atoms with Crippen molar-refractivity contribution in [2.75, 3.05) is 37.6 Å². The Morgan fingerprint density at radius 3 is 2.96 bits per heavy atom. The molecule has 2 aliphatic rings. The fraction of sp³-hybridized carbons (Fsp3) is 0.500. The van der Waals surface area contributed by atoms with E-state index in [2.05, 4.69) is 45.4 Å². The maximum absolute atomic E-state index is 12.3. The summed E-state index contributed by atoms with van der Waals surface area (Å²) in [5.74, 6) is 1.02. The van der Waals surface area contributed by atoms with Gasteiger partial charge in [0.1, 0.15) is 17.8 Å². The number of nitrogens with one attached hydrogen (secondary N) is 2. The largest absolute Gasteiger partial charge is 0.354 e. The van der Waals surface area contributed by atoms with Gasteiger partial charge < -0.3 is 9.88 Å². The Morgan fingerprint density at radius 1 is 1.23 bits per heavy atom. The second kappa shape index (κ2) is 5.84. The van der Waals surface area contributed by atoms with Gasteiger partial charge in [0.05, 0.1) is 11.9 Å². The highest BCUT2D eigenvalue weighted by Crippen LogP contribution is 2.48. The smallest absolute Gasteiger partial charge is 0.241 e. The van der Waals surface area contributed by atoms with Crippen molar-refractivity contribution < 1.29 is 4.79 Å². The Bertz CT molecular complexity index is 930. The summed E-state index contributed by atoms with van der Waals surface area (Å²) in [6, 6.07) is 2.02. The van der Waals surface area contributed by atoms with Gasteiger partial charge in [-0.2, -0.15) is 5.21 Å². The van der Waals surface area contributed by atoms with E-state index in [0.717, 1.165) is 43.0 Å². The van der Waals surface area contributed by atoms with Gasteiger partial charge in [0.25, 0.3) is 0 Å². The van der Waals surface area contributed by atoms with E-state index in [1.54, 1.807) is 6.33 Å². The number of hydrogen-bond donors (Lipinski definition) is 2. The Kier molecular flexibility index (Phi) is 3.45. The number of H-pyrrole nitrogens is 2. The molecular weight excluding hydrogens is 334 g/mol. The van der Waals surface area contributed by atoms with Crippen molar-refractivity contribution in [3.05, 3.63) is 24.4 Å². The summed E-state index contributed by atoms with van der Waals surface area (Å²) in [6.07, 6.45) is 5.86. The Labute approximate surface area is 149 Å². The van der Waals surface area contributed by atoms with E-state index < -0.39 is 0 Å². The van der Waals surface area contributed by atoms with Crippen LogP contribution >= 0.6 is 0 Å². The van der Waals surface area contributed by atoms with E-state index in [-0.39, 0.29) is 17.0 Å². The van der Waals surface area contributed by atoms with Crippen LogP contribution in [0, 0.1) is 5.41 Å². The molecule has 3 aromatic heterocycles. The minimum atomic E-state index is -0.0990. The summed E-state index contributed by atoms with van der Waals surface area (Å²) in [4.78, 5) is 28.9. The van der Waals surface area contributed by atoms with Crippen LogP contribution in [0.15, 0.2) is 18.6 Å². The fourth-order valence-corrected chi connectivity index (χ4v) is 3.82. The van der Waals surface area contributed by atoms with Crippen molar-refractivity contribution in [2.45, 2.75) is 12.8 Å². The number of Topliss-reactive ketones (excluding diaryl/α,β-unsaturated/α-hetero) is 1. The number of fused-ring (bicyclic) bond motifs is 1. The molecule has 0 unspecified atom stereocenters. The number of carbonyl (C=O) groups is 1. The first-order valence-electron chi connectivity index (χ1n) is 8.75. The van der Waals surface area contributed by atoms with Crippen LogP contribution in [0.4, 0.5) is 5.82 Å². The minimum Gasteiger partial charge on any atom is -0.354 e. The molecule has 0 radical (unpaired) electrons. The highest BCUT2D eigenvalue weighted by atomic mass is 16.1. The van der Waals surface area contributed by atoms with Crippen LogP contribution in [-0.4, -0.2) is 79.0 Å². The average molecular weight is 353 g/mol. The summed E-state index contributed by atoms with van der Waals surface area (Å²) in [5.41, 5.74) is 1.09. The summed E-state index contributed by atoms with van der Waals surface area (Å²) in [5, 5.41) is 14.4. The first-order valence-corrected chi connectivity index (χ1v) is 8.75. The molecular formula is C16H19N9O. The Hall–Kier alpha value is -2.88. The molecule has 1 spiro atoms. The van der Waals surface area contributed by atoms with E-state index >= 15 is 0 Å². The summed E-state index contributed by atoms with van der Waals surface area (Å²) < 4.78 is 0. The second-order valence-corrected chi connectivity index (χ2v) is 7.23. The van der Waals surface area contributed by atoms with Crippen molar-refractivity contribution in [3.8, 4) is 0 Å². The number of ketones is 1. The van der Waals surface area contributed by atoms with E-state index in [1.165, 1.54) is 12.8 Å². The topological polar surface area (TPSA) is 120 Å². The lowest BCUT2D eigenvalue weighted by atomic mass is 10.1. The quantitative estimate of drug-likeness (QED) is 0.641. The van der Waals surface area contributed by atoms with Crippen molar-refractivity contribution in [1.29, 1.82) is 0 Å². The highest BCUT2D eigenvalue weighted by Gasteiger charge is 2.47. The molecule has 0 aromatic carbocycles. The summed E-state index contributed by atoms with van der Waals surface area (Å²) >= 11 is 0. The third-order valence-corrected chi connectivity index (χ3v) is 5.32. The van der Waals surface area contributed by atoms with Crippen molar-refractivity contribution in [3.63, 3.8) is 0 Å². The van der Waals surface area contributed by atoms with E-state index in [9.17, 15) is 4.79 Å². The molecule has 0 atom stereocenters. The van der Waals surface area contributed by atoms with Crippen LogP contribution in [0.1, 0.15) is 23.5 Å². The van der Waals surface area contributed by atoms with E-state index in [4.69, 9.17) is 0 Å². The number of hydrogen-bond acceptors (Lipinski definition) is 8. The Balaban J connectivity index is 1.37. The predicted molar refractivity (Wildman–Crippen MR) is 92.7 cm³/mol. The van der Waals surface area contributed by atoms with Gasteiger partial charge >= 0.3 is 0 Å². The molecule has 1 saturated heterocycles. The molecule has 10 heteroatoms. The number of nitrogens with zero attached hydrogens (tertiary/aromatic N) is 7. The van der Waals surface area contributed by atoms with Gasteiger partial charge in [-0.15, -0.1) is 10.2 Å². The molecule has 0 bridgehead atoms. The van der Waals surface area contributed by atoms with E-state index in [0.29, 0.717) is 6.54 Å². The molecule has 2 N–H and O–H groups in total. The van der Waals surface area contributed by atoms with Crippen LogP contribution in [0.2, 0.25) is 0 Å². The first kappa shape index (κ1) is 15.4. The summed E-state index contributed by atoms with van der Waals surface area (Å²) in [7, 11) is 0. The van der Waals surface area contributed by atoms with Gasteiger partial charge in [-0.3, -0.25) is 9.69 Å². The molecule has 3 aromatic rings. The zero-order valence-electron chi connectivity index (χ0n) is 14.2. The molecule has 1 aliphatic heterocycles. The third kappa shape index (κ3) is 2.71. The van der Waals surface area contributed by atoms with Crippen LogP contribution in [-0.2, 0) is 0 Å². The normalized spacial score (nSPS) is 19.8. The molecule has 134 valence electrons. The highest BCUT2D eigenvalue weighted by molar-refractivity contribution is 5.93. The lowest BCUT2D eigenvalue weighted by Gasteiger charge is -2.25. The number of rotatable bonds is 4. The molecule has 26 heavy (non-hydrogen) atoms. The van der Waals surface area contributed by atoms with Gasteiger partial charge in [0.15, 0.2) is 0 Å². The van der Waals surface area contributed by atoms with Crippen LogP contribution < -0.4 is 4.90 Å². The monoisotopic (exact) mass is 353 g/mol. The molecule has 5 rings (SSSR count). The van der Waals surface area contributed by atoms with Gasteiger partial charge in [-0.25, -0.2) is 9.97 Å². The van der Waals surface area contributed by atoms with Crippen molar-refractivity contribution >= 4 is 22.6 Å². The standard InChI is InChI=1S/C16H19N9O/c26-12(14-20-22-23-21-14)7-24-5-6-25(9-16(8-24)2-3-16)15-11-1-4-17-13(11)18-10-19-15/h1,4,10H,2-3,5-9H2,(H,17,18,19)(H,20,21,22,23). The molecule has 2 fully saturated rings. The molecule has 1 aliphatic carbocycles. The third-order valence-electron chi connectivity index (χ3n) is 5.32. The van der Waals surface area contributed by atoms with Crippen LogP contribution in [0.25, 0.3) is 11.0 Å². The number of carbonyl (C=O) groups excluding carboxylic acids is 1. The molecule has 0 amide bonds. The molecule has 10 nitrogen and oxygen atoms in total. The number of aromatic amines is 2. The van der Waals surface area contributed by atoms with Crippen LogP contribution in [0.3, 0.4) is 0 Å². The van der Waals surface area contributed by atoms with Gasteiger partial charge in [-0.1, -0.05) is 0 Å². The summed E-state index contributed by atoms with van der Waals surface area (Å²) in [6.45, 7) is 3.80. The zero-order valence-corrected chi connectivity index (χ0v) is 14.2. The zero-order chi connectivity index (χ0) is 17.6. The SMILES string of the molecule is O=C(CN1CCN(c2ncnc3[nH]ccc23)CC2(CC2)C1)c1nn[nH]n1. The van der Waals surface area contributed by atoms with Crippen molar-refractivity contribution in [2.24, 2.45) is 5.41 Å². The number of tetrazole rings is 1. The van der Waals surface area contributed by atoms with Gasteiger partial charge in [-0.05, 0) is 24.1 Å². The fourth-order valence-electron chi connectivity index (χ4n) is 3.82. The maximum atomic E-state index is 12.3. The maximum Gasteiger partial charge on any atom is 0.241 e. The first-order chi connectivity index (χ1) is 12.7. The molecule has 4 heterocycles.